The van der Waals surface area contributed by atoms with Gasteiger partial charge in [-0.1, -0.05) is 11.6 Å². The van der Waals surface area contributed by atoms with Crippen LogP contribution < -0.4 is 0 Å². The molecular formula is C10H12ClN3O2. The molecule has 1 unspecified atom stereocenters. The van der Waals surface area contributed by atoms with Gasteiger partial charge in [-0.15, -0.1) is 10.2 Å². The van der Waals surface area contributed by atoms with Crippen LogP contribution in [0.1, 0.15) is 23.3 Å². The number of nitrogens with zero attached hydrogens (tertiary/aromatic N) is 3. The third kappa shape index (κ3) is 2.15. The highest BCUT2D eigenvalue weighted by Gasteiger charge is 2.29. The van der Waals surface area contributed by atoms with E-state index in [1.807, 2.05) is 0 Å². The van der Waals surface area contributed by atoms with Gasteiger partial charge in [-0.25, -0.2) is 0 Å². The molecule has 0 aromatic carbocycles. The molecule has 1 atom stereocenters. The highest BCUT2D eigenvalue weighted by Crippen LogP contribution is 2.19. The maximum Gasteiger partial charge on any atom is 0.274 e. The molecule has 0 spiro atoms. The van der Waals surface area contributed by atoms with Gasteiger partial charge in [0.1, 0.15) is 0 Å². The second-order valence-corrected chi connectivity index (χ2v) is 4.11. The molecule has 1 aliphatic rings. The average molecular weight is 242 g/mol. The van der Waals surface area contributed by atoms with Gasteiger partial charge in [0.05, 0.1) is 12.6 Å². The zero-order chi connectivity index (χ0) is 11.5. The summed E-state index contributed by atoms with van der Waals surface area (Å²) in [5, 5.41) is 16.8. The number of halogens is 1. The number of hydrogen-bond donors (Lipinski definition) is 1. The average Bonchev–Trinajstić information content (AvgIpc) is 2.77. The van der Waals surface area contributed by atoms with E-state index in [0.717, 1.165) is 12.8 Å². The lowest BCUT2D eigenvalue weighted by Crippen LogP contribution is -2.38. The molecule has 1 fully saturated rings. The fraction of sp³-hybridized carbons (Fsp3) is 0.500. The van der Waals surface area contributed by atoms with Crippen molar-refractivity contribution in [2.75, 3.05) is 13.2 Å². The Morgan fingerprint density at radius 3 is 3.00 bits per heavy atom. The summed E-state index contributed by atoms with van der Waals surface area (Å²) in [5.41, 5.74) is 0.268. The first kappa shape index (κ1) is 11.3. The first-order valence-electron chi connectivity index (χ1n) is 5.13. The van der Waals surface area contributed by atoms with E-state index in [2.05, 4.69) is 10.2 Å². The van der Waals surface area contributed by atoms with Crippen molar-refractivity contribution in [1.29, 1.82) is 0 Å². The summed E-state index contributed by atoms with van der Waals surface area (Å²) in [6.07, 6.45) is 1.75. The minimum absolute atomic E-state index is 0.00718. The number of rotatable bonds is 2. The molecule has 2 heterocycles. The second kappa shape index (κ2) is 4.76. The minimum Gasteiger partial charge on any atom is -0.394 e. The maximum absolute atomic E-state index is 12.0. The quantitative estimate of drug-likeness (QED) is 0.829. The SMILES string of the molecule is O=C(c1ccc(Cl)nn1)N1CCCC1CO. The van der Waals surface area contributed by atoms with Crippen LogP contribution in [0.25, 0.3) is 0 Å². The van der Waals surface area contributed by atoms with Gasteiger partial charge in [-0.2, -0.15) is 0 Å². The minimum atomic E-state index is -0.194. The Morgan fingerprint density at radius 2 is 2.38 bits per heavy atom. The fourth-order valence-corrected chi connectivity index (χ4v) is 1.97. The van der Waals surface area contributed by atoms with Crippen LogP contribution in [0, 0.1) is 0 Å². The van der Waals surface area contributed by atoms with E-state index in [-0.39, 0.29) is 29.4 Å². The number of carbonyl (C=O) groups is 1. The Labute approximate surface area is 98.0 Å². The van der Waals surface area contributed by atoms with Crippen LogP contribution >= 0.6 is 11.6 Å². The van der Waals surface area contributed by atoms with E-state index in [9.17, 15) is 4.79 Å². The molecule has 16 heavy (non-hydrogen) atoms. The van der Waals surface area contributed by atoms with Crippen molar-refractivity contribution >= 4 is 17.5 Å². The highest BCUT2D eigenvalue weighted by atomic mass is 35.5. The predicted molar refractivity (Wildman–Crippen MR) is 58.2 cm³/mol. The van der Waals surface area contributed by atoms with Gasteiger partial charge in [0.15, 0.2) is 10.8 Å². The number of carbonyl (C=O) groups excluding carboxylic acids is 1. The molecule has 2 rings (SSSR count). The summed E-state index contributed by atoms with van der Waals surface area (Å²) in [6, 6.07) is 2.99. The van der Waals surface area contributed by atoms with Gasteiger partial charge < -0.3 is 10.0 Å². The monoisotopic (exact) mass is 241 g/mol. The largest absolute Gasteiger partial charge is 0.394 e. The van der Waals surface area contributed by atoms with E-state index in [4.69, 9.17) is 16.7 Å². The second-order valence-electron chi connectivity index (χ2n) is 3.72. The van der Waals surface area contributed by atoms with Gasteiger partial charge >= 0.3 is 0 Å². The predicted octanol–water partition coefficient (Wildman–Crippen LogP) is 0.727. The summed E-state index contributed by atoms with van der Waals surface area (Å²) in [6.45, 7) is 0.654. The van der Waals surface area contributed by atoms with Crippen LogP contribution in [0.15, 0.2) is 12.1 Å². The molecule has 0 aliphatic carbocycles. The number of likely N-dealkylation sites (tertiary alicyclic amines) is 1. The van der Waals surface area contributed by atoms with E-state index >= 15 is 0 Å². The Balaban J connectivity index is 2.15. The molecule has 5 nitrogen and oxygen atoms in total. The number of aromatic nitrogens is 2. The van der Waals surface area contributed by atoms with Gasteiger partial charge in [-0.05, 0) is 25.0 Å². The Kier molecular flexibility index (Phi) is 3.36. The first-order valence-corrected chi connectivity index (χ1v) is 5.51. The summed E-state index contributed by atoms with van der Waals surface area (Å²) >= 11 is 5.59. The molecule has 1 aliphatic heterocycles. The van der Waals surface area contributed by atoms with Crippen molar-refractivity contribution in [3.8, 4) is 0 Å². The van der Waals surface area contributed by atoms with Crippen molar-refractivity contribution in [2.45, 2.75) is 18.9 Å². The zero-order valence-corrected chi connectivity index (χ0v) is 9.39. The van der Waals surface area contributed by atoms with Crippen LogP contribution in [-0.4, -0.2) is 45.3 Å². The summed E-state index contributed by atoms with van der Waals surface area (Å²) < 4.78 is 0. The molecule has 1 aromatic rings. The van der Waals surface area contributed by atoms with E-state index < -0.39 is 0 Å². The Hall–Kier alpha value is -1.20. The molecule has 1 amide bonds. The summed E-state index contributed by atoms with van der Waals surface area (Å²) in [7, 11) is 0. The van der Waals surface area contributed by atoms with Gasteiger partial charge in [0.25, 0.3) is 5.91 Å². The van der Waals surface area contributed by atoms with Crippen molar-refractivity contribution in [3.63, 3.8) is 0 Å². The molecular weight excluding hydrogens is 230 g/mol. The van der Waals surface area contributed by atoms with Crippen LogP contribution in [0.2, 0.25) is 5.15 Å². The molecule has 6 heteroatoms. The van der Waals surface area contributed by atoms with Crippen LogP contribution in [0.5, 0.6) is 0 Å². The van der Waals surface area contributed by atoms with Crippen LogP contribution in [0.4, 0.5) is 0 Å². The number of aliphatic hydroxyl groups excluding tert-OH is 1. The number of hydrogen-bond acceptors (Lipinski definition) is 4. The normalized spacial score (nSPS) is 20.1. The van der Waals surface area contributed by atoms with Crippen molar-refractivity contribution in [1.82, 2.24) is 15.1 Å². The Morgan fingerprint density at radius 1 is 1.56 bits per heavy atom. The van der Waals surface area contributed by atoms with Crippen molar-refractivity contribution < 1.29 is 9.90 Å². The summed E-state index contributed by atoms with van der Waals surface area (Å²) in [5.74, 6) is -0.194. The topological polar surface area (TPSA) is 66.3 Å². The van der Waals surface area contributed by atoms with Gasteiger partial charge in [0, 0.05) is 6.54 Å². The van der Waals surface area contributed by atoms with E-state index in [1.165, 1.54) is 6.07 Å². The molecule has 1 N–H and O–H groups in total. The maximum atomic E-state index is 12.0. The van der Waals surface area contributed by atoms with Crippen LogP contribution in [0.3, 0.4) is 0 Å². The van der Waals surface area contributed by atoms with Crippen LogP contribution in [-0.2, 0) is 0 Å². The molecule has 1 aromatic heterocycles. The van der Waals surface area contributed by atoms with E-state index in [1.54, 1.807) is 11.0 Å². The zero-order valence-electron chi connectivity index (χ0n) is 8.64. The lowest BCUT2D eigenvalue weighted by atomic mass is 10.2. The molecule has 1 saturated heterocycles. The third-order valence-corrected chi connectivity index (χ3v) is 2.90. The Bertz CT molecular complexity index is 382. The lowest BCUT2D eigenvalue weighted by molar-refractivity contribution is 0.0670. The van der Waals surface area contributed by atoms with Crippen molar-refractivity contribution in [3.05, 3.63) is 23.0 Å². The number of aliphatic hydroxyl groups is 1. The fourth-order valence-electron chi connectivity index (χ4n) is 1.87. The van der Waals surface area contributed by atoms with E-state index in [0.29, 0.717) is 6.54 Å². The molecule has 86 valence electrons. The lowest BCUT2D eigenvalue weighted by Gasteiger charge is -2.22. The molecule has 0 radical (unpaired) electrons. The van der Waals surface area contributed by atoms with Crippen molar-refractivity contribution in [2.24, 2.45) is 0 Å². The standard InChI is InChI=1S/C10H12ClN3O2/c11-9-4-3-8(12-13-9)10(16)14-5-1-2-7(14)6-15/h3-4,7,15H,1-2,5-6H2. The smallest absolute Gasteiger partial charge is 0.274 e. The third-order valence-electron chi connectivity index (χ3n) is 2.70. The molecule has 0 saturated carbocycles. The summed E-state index contributed by atoms with van der Waals surface area (Å²) in [4.78, 5) is 13.6. The highest BCUT2D eigenvalue weighted by molar-refractivity contribution is 6.29. The molecule has 0 bridgehead atoms. The number of amides is 1. The van der Waals surface area contributed by atoms with Gasteiger partial charge in [-0.3, -0.25) is 4.79 Å². The first-order chi connectivity index (χ1) is 7.72. The van der Waals surface area contributed by atoms with Gasteiger partial charge in [0.2, 0.25) is 0 Å².